The van der Waals surface area contributed by atoms with Crippen molar-refractivity contribution in [2.75, 3.05) is 25.5 Å². The first-order valence-corrected chi connectivity index (χ1v) is 7.26. The molecule has 0 radical (unpaired) electrons. The smallest absolute Gasteiger partial charge is 0.335 e. The number of amides is 2. The Morgan fingerprint density at radius 1 is 1.32 bits per heavy atom. The zero-order chi connectivity index (χ0) is 16.3. The molecule has 1 fully saturated rings. The summed E-state index contributed by atoms with van der Waals surface area (Å²) in [6.07, 6.45) is -3.03. The zero-order valence-electron chi connectivity index (χ0n) is 12.0. The SMILES string of the molecule is CN1CCC(NC(=O)Nc2ccc(Cl)cc2C(F)(F)F)CC1. The molecule has 2 N–H and O–H groups in total. The molecule has 1 aliphatic rings. The van der Waals surface area contributed by atoms with E-state index in [-0.39, 0.29) is 16.8 Å². The van der Waals surface area contributed by atoms with E-state index in [9.17, 15) is 18.0 Å². The first kappa shape index (κ1) is 16.9. The normalized spacial score (nSPS) is 17.3. The molecule has 1 aromatic carbocycles. The highest BCUT2D eigenvalue weighted by molar-refractivity contribution is 6.30. The minimum atomic E-state index is -4.58. The van der Waals surface area contributed by atoms with E-state index in [4.69, 9.17) is 11.6 Å². The van der Waals surface area contributed by atoms with Gasteiger partial charge in [-0.15, -0.1) is 0 Å². The number of anilines is 1. The van der Waals surface area contributed by atoms with Crippen LogP contribution in [-0.4, -0.2) is 37.1 Å². The molecule has 22 heavy (non-hydrogen) atoms. The van der Waals surface area contributed by atoms with Gasteiger partial charge in [0.2, 0.25) is 0 Å². The van der Waals surface area contributed by atoms with E-state index in [1.54, 1.807) is 0 Å². The van der Waals surface area contributed by atoms with Gasteiger partial charge in [-0.2, -0.15) is 13.2 Å². The molecule has 0 aliphatic carbocycles. The van der Waals surface area contributed by atoms with Gasteiger partial charge in [-0.05, 0) is 51.2 Å². The fourth-order valence-corrected chi connectivity index (χ4v) is 2.53. The van der Waals surface area contributed by atoms with Crippen molar-refractivity contribution in [2.45, 2.75) is 25.1 Å². The minimum absolute atomic E-state index is 0.0298. The highest BCUT2D eigenvalue weighted by atomic mass is 35.5. The van der Waals surface area contributed by atoms with E-state index in [0.29, 0.717) is 0 Å². The highest BCUT2D eigenvalue weighted by Gasteiger charge is 2.34. The first-order chi connectivity index (χ1) is 10.3. The standard InChI is InChI=1S/C14H17ClF3N3O/c1-21-6-4-10(5-7-21)19-13(22)20-12-3-2-9(15)8-11(12)14(16,17)18/h2-3,8,10H,4-7H2,1H3,(H2,19,20,22). The molecule has 2 amide bonds. The number of carbonyl (C=O) groups is 1. The molecule has 0 atom stereocenters. The summed E-state index contributed by atoms with van der Waals surface area (Å²) in [7, 11) is 1.99. The first-order valence-electron chi connectivity index (χ1n) is 6.88. The van der Waals surface area contributed by atoms with Crippen LogP contribution in [0.1, 0.15) is 18.4 Å². The van der Waals surface area contributed by atoms with Crippen molar-refractivity contribution in [1.82, 2.24) is 10.2 Å². The average molecular weight is 336 g/mol. The van der Waals surface area contributed by atoms with E-state index >= 15 is 0 Å². The molecular weight excluding hydrogens is 319 g/mol. The second-order valence-electron chi connectivity index (χ2n) is 5.36. The van der Waals surface area contributed by atoms with Crippen LogP contribution in [0, 0.1) is 0 Å². The monoisotopic (exact) mass is 335 g/mol. The maximum atomic E-state index is 12.9. The number of halogens is 4. The van der Waals surface area contributed by atoms with Gasteiger partial charge in [-0.1, -0.05) is 11.6 Å². The summed E-state index contributed by atoms with van der Waals surface area (Å²) in [5.41, 5.74) is -1.26. The van der Waals surface area contributed by atoms with Crippen LogP contribution in [-0.2, 0) is 6.18 Å². The van der Waals surface area contributed by atoms with Crippen LogP contribution in [0.3, 0.4) is 0 Å². The Morgan fingerprint density at radius 3 is 2.55 bits per heavy atom. The molecule has 1 aromatic rings. The largest absolute Gasteiger partial charge is 0.418 e. The van der Waals surface area contributed by atoms with Gasteiger partial charge in [0, 0.05) is 11.1 Å². The van der Waals surface area contributed by atoms with Crippen LogP contribution >= 0.6 is 11.6 Å². The number of hydrogen-bond acceptors (Lipinski definition) is 2. The molecule has 0 bridgehead atoms. The quantitative estimate of drug-likeness (QED) is 0.867. The van der Waals surface area contributed by atoms with Gasteiger partial charge < -0.3 is 15.5 Å². The summed E-state index contributed by atoms with van der Waals surface area (Å²) < 4.78 is 38.8. The summed E-state index contributed by atoms with van der Waals surface area (Å²) in [5, 5.41) is 4.93. The number of benzene rings is 1. The van der Waals surface area contributed by atoms with Crippen LogP contribution in [0.4, 0.5) is 23.7 Å². The number of piperidine rings is 1. The minimum Gasteiger partial charge on any atom is -0.335 e. The molecule has 1 heterocycles. The Morgan fingerprint density at radius 2 is 1.95 bits per heavy atom. The van der Waals surface area contributed by atoms with E-state index < -0.39 is 17.8 Å². The average Bonchev–Trinajstić information content (AvgIpc) is 2.42. The molecular formula is C14H17ClF3N3O. The fourth-order valence-electron chi connectivity index (χ4n) is 2.36. The van der Waals surface area contributed by atoms with Gasteiger partial charge >= 0.3 is 12.2 Å². The summed E-state index contributed by atoms with van der Waals surface area (Å²) in [6, 6.07) is 2.59. The highest BCUT2D eigenvalue weighted by Crippen LogP contribution is 2.36. The zero-order valence-corrected chi connectivity index (χ0v) is 12.8. The van der Waals surface area contributed by atoms with Crippen LogP contribution < -0.4 is 10.6 Å². The molecule has 1 saturated heterocycles. The Hall–Kier alpha value is -1.47. The molecule has 0 saturated carbocycles. The van der Waals surface area contributed by atoms with Crippen LogP contribution in [0.15, 0.2) is 18.2 Å². The van der Waals surface area contributed by atoms with Gasteiger partial charge in [0.25, 0.3) is 0 Å². The topological polar surface area (TPSA) is 44.4 Å². The maximum absolute atomic E-state index is 12.9. The van der Waals surface area contributed by atoms with Crippen LogP contribution in [0.5, 0.6) is 0 Å². The summed E-state index contributed by atoms with van der Waals surface area (Å²) in [4.78, 5) is 14.0. The third kappa shape index (κ3) is 4.51. The predicted molar refractivity (Wildman–Crippen MR) is 79.1 cm³/mol. The van der Waals surface area contributed by atoms with Crippen LogP contribution in [0.2, 0.25) is 5.02 Å². The second-order valence-corrected chi connectivity index (χ2v) is 5.80. The predicted octanol–water partition coefficient (Wildman–Crippen LogP) is 3.57. The number of rotatable bonds is 2. The van der Waals surface area contributed by atoms with Crippen molar-refractivity contribution in [3.05, 3.63) is 28.8 Å². The second kappa shape index (κ2) is 6.75. The lowest BCUT2D eigenvalue weighted by atomic mass is 10.1. The van der Waals surface area contributed by atoms with Gasteiger partial charge in [-0.3, -0.25) is 0 Å². The fraction of sp³-hybridized carbons (Fsp3) is 0.500. The number of hydrogen-bond donors (Lipinski definition) is 2. The molecule has 122 valence electrons. The van der Waals surface area contributed by atoms with Gasteiger partial charge in [0.05, 0.1) is 11.3 Å². The lowest BCUT2D eigenvalue weighted by Crippen LogP contribution is -2.45. The van der Waals surface area contributed by atoms with E-state index in [1.165, 1.54) is 6.07 Å². The van der Waals surface area contributed by atoms with E-state index in [1.807, 2.05) is 7.05 Å². The van der Waals surface area contributed by atoms with Crippen molar-refractivity contribution in [1.29, 1.82) is 0 Å². The lowest BCUT2D eigenvalue weighted by molar-refractivity contribution is -0.136. The Balaban J connectivity index is 2.02. The van der Waals surface area contributed by atoms with Crippen molar-refractivity contribution >= 4 is 23.3 Å². The van der Waals surface area contributed by atoms with Crippen molar-refractivity contribution in [3.8, 4) is 0 Å². The van der Waals surface area contributed by atoms with E-state index in [2.05, 4.69) is 15.5 Å². The van der Waals surface area contributed by atoms with Crippen molar-refractivity contribution in [3.63, 3.8) is 0 Å². The third-order valence-corrected chi connectivity index (χ3v) is 3.82. The number of likely N-dealkylation sites (tertiary alicyclic amines) is 1. The molecule has 1 aliphatic heterocycles. The van der Waals surface area contributed by atoms with Crippen molar-refractivity contribution < 1.29 is 18.0 Å². The molecule has 0 unspecified atom stereocenters. The summed E-state index contributed by atoms with van der Waals surface area (Å²) in [6.45, 7) is 1.69. The van der Waals surface area contributed by atoms with Gasteiger partial charge in [0.15, 0.2) is 0 Å². The summed E-state index contributed by atoms with van der Waals surface area (Å²) >= 11 is 5.60. The number of alkyl halides is 3. The molecule has 2 rings (SSSR count). The van der Waals surface area contributed by atoms with Gasteiger partial charge in [0.1, 0.15) is 0 Å². The third-order valence-electron chi connectivity index (χ3n) is 3.59. The molecule has 0 spiro atoms. The number of urea groups is 1. The molecule has 4 nitrogen and oxygen atoms in total. The number of nitrogens with one attached hydrogen (secondary N) is 2. The molecule has 8 heteroatoms. The van der Waals surface area contributed by atoms with E-state index in [0.717, 1.165) is 38.1 Å². The number of nitrogens with zero attached hydrogens (tertiary/aromatic N) is 1. The van der Waals surface area contributed by atoms with Crippen molar-refractivity contribution in [2.24, 2.45) is 0 Å². The molecule has 0 aromatic heterocycles. The maximum Gasteiger partial charge on any atom is 0.418 e. The van der Waals surface area contributed by atoms with Crippen LogP contribution in [0.25, 0.3) is 0 Å². The Labute approximate surface area is 131 Å². The number of carbonyl (C=O) groups excluding carboxylic acids is 1. The lowest BCUT2D eigenvalue weighted by Gasteiger charge is -2.29. The Bertz CT molecular complexity index is 543. The summed E-state index contributed by atoms with van der Waals surface area (Å²) in [5.74, 6) is 0. The Kier molecular flexibility index (Phi) is 5.18. The van der Waals surface area contributed by atoms with Gasteiger partial charge in [-0.25, -0.2) is 4.79 Å².